The van der Waals surface area contributed by atoms with Gasteiger partial charge in [-0.25, -0.2) is 0 Å². The normalized spacial score (nSPS) is 13.7. The standard InChI is InChI=1S/C19H26N2O2/c1-16(19(23-2)17-10-4-3-5-11-17)20-13-7-9-15-21-14-8-6-12-18(21)22/h3-6,8,10-12,14,16,19-20H,7,9,13,15H2,1-2H3. The zero-order chi connectivity index (χ0) is 16.5. The van der Waals surface area contributed by atoms with Crippen LogP contribution >= 0.6 is 0 Å². The Labute approximate surface area is 138 Å². The third-order valence-electron chi connectivity index (χ3n) is 4.03. The second-order valence-electron chi connectivity index (χ2n) is 5.75. The van der Waals surface area contributed by atoms with Crippen LogP contribution in [0.4, 0.5) is 0 Å². The van der Waals surface area contributed by atoms with Crippen molar-refractivity contribution in [2.24, 2.45) is 0 Å². The largest absolute Gasteiger partial charge is 0.375 e. The van der Waals surface area contributed by atoms with Gasteiger partial charge in [0, 0.05) is 32.0 Å². The highest BCUT2D eigenvalue weighted by atomic mass is 16.5. The molecule has 1 aromatic carbocycles. The fourth-order valence-corrected chi connectivity index (χ4v) is 2.76. The monoisotopic (exact) mass is 314 g/mol. The molecular weight excluding hydrogens is 288 g/mol. The summed E-state index contributed by atoms with van der Waals surface area (Å²) in [7, 11) is 1.75. The number of pyridine rings is 1. The van der Waals surface area contributed by atoms with Crippen molar-refractivity contribution in [3.8, 4) is 0 Å². The maximum absolute atomic E-state index is 11.6. The van der Waals surface area contributed by atoms with Crippen molar-refractivity contribution < 1.29 is 4.74 Å². The quantitative estimate of drug-likeness (QED) is 0.724. The van der Waals surface area contributed by atoms with Crippen molar-refractivity contribution >= 4 is 0 Å². The fourth-order valence-electron chi connectivity index (χ4n) is 2.76. The average Bonchev–Trinajstić information content (AvgIpc) is 2.58. The van der Waals surface area contributed by atoms with E-state index in [1.807, 2.05) is 30.5 Å². The van der Waals surface area contributed by atoms with Crippen molar-refractivity contribution in [2.75, 3.05) is 13.7 Å². The maximum atomic E-state index is 11.6. The van der Waals surface area contributed by atoms with Gasteiger partial charge in [0.2, 0.25) is 5.56 Å². The molecule has 0 spiro atoms. The molecule has 0 aliphatic carbocycles. The number of aryl methyl sites for hydroxylation is 1. The molecule has 0 aliphatic rings. The SMILES string of the molecule is COC(c1ccccc1)C(C)NCCCCn1ccccc1=O. The molecule has 1 aromatic heterocycles. The van der Waals surface area contributed by atoms with Gasteiger partial charge in [0.05, 0.1) is 6.10 Å². The lowest BCUT2D eigenvalue weighted by Gasteiger charge is -2.24. The van der Waals surface area contributed by atoms with Crippen molar-refractivity contribution in [3.63, 3.8) is 0 Å². The zero-order valence-electron chi connectivity index (χ0n) is 13.9. The van der Waals surface area contributed by atoms with E-state index in [1.165, 1.54) is 5.56 Å². The third kappa shape index (κ3) is 5.34. The van der Waals surface area contributed by atoms with Crippen LogP contribution in [0.3, 0.4) is 0 Å². The third-order valence-corrected chi connectivity index (χ3v) is 4.03. The second-order valence-corrected chi connectivity index (χ2v) is 5.75. The molecule has 23 heavy (non-hydrogen) atoms. The summed E-state index contributed by atoms with van der Waals surface area (Å²) in [5.41, 5.74) is 1.25. The molecule has 0 aliphatic heterocycles. The Bertz CT molecular complexity index is 625. The molecule has 0 fully saturated rings. The first kappa shape index (κ1) is 17.4. The van der Waals surface area contributed by atoms with Crippen molar-refractivity contribution in [1.29, 1.82) is 0 Å². The van der Waals surface area contributed by atoms with Crippen LogP contribution in [0.15, 0.2) is 59.5 Å². The number of methoxy groups -OCH3 is 1. The molecule has 2 rings (SSSR count). The van der Waals surface area contributed by atoms with E-state index in [-0.39, 0.29) is 17.7 Å². The predicted octanol–water partition coefficient (Wildman–Crippen LogP) is 2.99. The number of unbranched alkanes of at least 4 members (excludes halogenated alkanes) is 1. The summed E-state index contributed by atoms with van der Waals surface area (Å²) in [6.07, 6.45) is 3.89. The van der Waals surface area contributed by atoms with Crippen LogP contribution in [0.1, 0.15) is 31.4 Å². The molecule has 4 nitrogen and oxygen atoms in total. The molecule has 0 radical (unpaired) electrons. The Morgan fingerprint density at radius 3 is 2.52 bits per heavy atom. The van der Waals surface area contributed by atoms with Crippen LogP contribution in [0.5, 0.6) is 0 Å². The van der Waals surface area contributed by atoms with Gasteiger partial charge in [0.25, 0.3) is 0 Å². The average molecular weight is 314 g/mol. The van der Waals surface area contributed by atoms with Gasteiger partial charge in [-0.3, -0.25) is 4.79 Å². The molecular formula is C19H26N2O2. The van der Waals surface area contributed by atoms with Gasteiger partial charge in [0.1, 0.15) is 0 Å². The van der Waals surface area contributed by atoms with Gasteiger partial charge in [-0.2, -0.15) is 0 Å². The van der Waals surface area contributed by atoms with Gasteiger partial charge in [-0.05, 0) is 37.9 Å². The van der Waals surface area contributed by atoms with E-state index in [1.54, 1.807) is 23.8 Å². The Morgan fingerprint density at radius 2 is 1.83 bits per heavy atom. The van der Waals surface area contributed by atoms with E-state index in [0.29, 0.717) is 0 Å². The first-order valence-electron chi connectivity index (χ1n) is 8.19. The number of ether oxygens (including phenoxy) is 1. The molecule has 1 heterocycles. The summed E-state index contributed by atoms with van der Waals surface area (Å²) in [5, 5.41) is 3.52. The molecule has 1 N–H and O–H groups in total. The van der Waals surface area contributed by atoms with Gasteiger partial charge < -0.3 is 14.6 Å². The molecule has 0 bridgehead atoms. The number of rotatable bonds is 9. The highest BCUT2D eigenvalue weighted by Gasteiger charge is 2.17. The number of hydrogen-bond acceptors (Lipinski definition) is 3. The van der Waals surface area contributed by atoms with Crippen LogP contribution in [0.2, 0.25) is 0 Å². The minimum atomic E-state index is 0.0490. The van der Waals surface area contributed by atoms with Crippen molar-refractivity contribution in [3.05, 3.63) is 70.6 Å². The van der Waals surface area contributed by atoms with Gasteiger partial charge in [-0.1, -0.05) is 36.4 Å². The Kier molecular flexibility index (Phi) is 7.04. The minimum Gasteiger partial charge on any atom is -0.375 e. The molecule has 124 valence electrons. The summed E-state index contributed by atoms with van der Waals surface area (Å²) in [6.45, 7) is 3.82. The molecule has 2 aromatic rings. The van der Waals surface area contributed by atoms with E-state index in [2.05, 4.69) is 24.4 Å². The Morgan fingerprint density at radius 1 is 1.09 bits per heavy atom. The highest BCUT2D eigenvalue weighted by molar-refractivity contribution is 5.18. The first-order valence-corrected chi connectivity index (χ1v) is 8.19. The van der Waals surface area contributed by atoms with E-state index in [9.17, 15) is 4.79 Å². The molecule has 0 amide bonds. The smallest absolute Gasteiger partial charge is 0.250 e. The first-order chi connectivity index (χ1) is 11.2. The topological polar surface area (TPSA) is 43.3 Å². The van der Waals surface area contributed by atoms with Crippen molar-refractivity contribution in [2.45, 2.75) is 38.5 Å². The van der Waals surface area contributed by atoms with Crippen LogP contribution in [0, 0.1) is 0 Å². The predicted molar refractivity (Wildman–Crippen MR) is 93.6 cm³/mol. The van der Waals surface area contributed by atoms with Crippen LogP contribution in [-0.4, -0.2) is 24.3 Å². The zero-order valence-corrected chi connectivity index (χ0v) is 13.9. The van der Waals surface area contributed by atoms with Gasteiger partial charge in [0.15, 0.2) is 0 Å². The molecule has 2 unspecified atom stereocenters. The number of nitrogens with one attached hydrogen (secondary N) is 1. The number of hydrogen-bond donors (Lipinski definition) is 1. The van der Waals surface area contributed by atoms with E-state index in [4.69, 9.17) is 4.74 Å². The van der Waals surface area contributed by atoms with E-state index >= 15 is 0 Å². The molecule has 4 heteroatoms. The lowest BCUT2D eigenvalue weighted by atomic mass is 10.0. The summed E-state index contributed by atoms with van der Waals surface area (Å²) in [5.74, 6) is 0. The summed E-state index contributed by atoms with van der Waals surface area (Å²) in [6, 6.07) is 15.8. The fraction of sp³-hybridized carbons (Fsp3) is 0.421. The van der Waals surface area contributed by atoms with E-state index in [0.717, 1.165) is 25.9 Å². The highest BCUT2D eigenvalue weighted by Crippen LogP contribution is 2.20. The van der Waals surface area contributed by atoms with Crippen LogP contribution in [0.25, 0.3) is 0 Å². The van der Waals surface area contributed by atoms with Gasteiger partial charge >= 0.3 is 0 Å². The van der Waals surface area contributed by atoms with Crippen molar-refractivity contribution in [1.82, 2.24) is 9.88 Å². The Balaban J connectivity index is 1.73. The maximum Gasteiger partial charge on any atom is 0.250 e. The van der Waals surface area contributed by atoms with Crippen LogP contribution < -0.4 is 10.9 Å². The lowest BCUT2D eigenvalue weighted by molar-refractivity contribution is 0.0734. The number of aromatic nitrogens is 1. The van der Waals surface area contributed by atoms with Gasteiger partial charge in [-0.15, -0.1) is 0 Å². The number of nitrogens with zero attached hydrogens (tertiary/aromatic N) is 1. The molecule has 0 saturated carbocycles. The summed E-state index contributed by atoms with van der Waals surface area (Å²) >= 11 is 0. The molecule has 2 atom stereocenters. The number of benzene rings is 1. The Hall–Kier alpha value is -1.91. The molecule has 0 saturated heterocycles. The minimum absolute atomic E-state index is 0.0490. The summed E-state index contributed by atoms with van der Waals surface area (Å²) in [4.78, 5) is 11.6. The lowest BCUT2D eigenvalue weighted by Crippen LogP contribution is -2.34. The summed E-state index contributed by atoms with van der Waals surface area (Å²) < 4.78 is 7.39. The van der Waals surface area contributed by atoms with Crippen LogP contribution in [-0.2, 0) is 11.3 Å². The second kappa shape index (κ2) is 9.28. The van der Waals surface area contributed by atoms with E-state index < -0.39 is 0 Å².